The van der Waals surface area contributed by atoms with Crippen molar-refractivity contribution in [3.8, 4) is 0 Å². The highest BCUT2D eigenvalue weighted by atomic mass is 19.3. The van der Waals surface area contributed by atoms with Gasteiger partial charge in [-0.2, -0.15) is 0 Å². The van der Waals surface area contributed by atoms with Crippen molar-refractivity contribution in [1.82, 2.24) is 4.90 Å². The third kappa shape index (κ3) is 2.07. The van der Waals surface area contributed by atoms with Crippen molar-refractivity contribution in [3.63, 3.8) is 0 Å². The average Bonchev–Trinajstić information content (AvgIpc) is 2.98. The first-order chi connectivity index (χ1) is 9.99. The lowest BCUT2D eigenvalue weighted by molar-refractivity contribution is -0.146. The number of alkyl halides is 2. The highest BCUT2D eigenvalue weighted by molar-refractivity contribution is 5.86. The van der Waals surface area contributed by atoms with Crippen LogP contribution < -0.4 is 0 Å². The van der Waals surface area contributed by atoms with Crippen molar-refractivity contribution in [2.75, 3.05) is 0 Å². The molecule has 1 aromatic carbocycles. The van der Waals surface area contributed by atoms with E-state index in [2.05, 4.69) is 6.07 Å². The molecule has 2 saturated heterocycles. The second kappa shape index (κ2) is 5.08. The Hall–Kier alpha value is -1.45. The molecule has 2 heterocycles. The number of amides is 1. The maximum Gasteiger partial charge on any atom is 0.252 e. The summed E-state index contributed by atoms with van der Waals surface area (Å²) < 4.78 is 27.0. The lowest BCUT2D eigenvalue weighted by Gasteiger charge is -2.29. The van der Waals surface area contributed by atoms with E-state index >= 15 is 0 Å². The smallest absolute Gasteiger partial charge is 0.252 e. The standard InChI is InChI=1S/C17H21F2NO/c1-3-17(15(18)19)10-13-7-8-14(20(13)16(17)21)12-6-4-5-11(2)9-12/h4-6,9,13-15H,3,7-8,10H2,1-2H3/t13-,14+,17-/m0/s1. The van der Waals surface area contributed by atoms with Crippen LogP contribution in [0.15, 0.2) is 24.3 Å². The molecule has 0 N–H and O–H groups in total. The van der Waals surface area contributed by atoms with Gasteiger partial charge in [-0.05, 0) is 38.2 Å². The van der Waals surface area contributed by atoms with Gasteiger partial charge in [0.1, 0.15) is 5.41 Å². The van der Waals surface area contributed by atoms with Gasteiger partial charge in [0.25, 0.3) is 6.43 Å². The Morgan fingerprint density at radius 1 is 1.38 bits per heavy atom. The predicted octanol–water partition coefficient (Wildman–Crippen LogP) is 4.09. The Morgan fingerprint density at radius 3 is 2.76 bits per heavy atom. The molecule has 2 aliphatic rings. The molecular weight excluding hydrogens is 272 g/mol. The van der Waals surface area contributed by atoms with Gasteiger partial charge in [-0.15, -0.1) is 0 Å². The van der Waals surface area contributed by atoms with Crippen molar-refractivity contribution in [2.45, 2.75) is 58.0 Å². The molecule has 0 bridgehead atoms. The van der Waals surface area contributed by atoms with E-state index in [1.54, 1.807) is 11.8 Å². The number of hydrogen-bond acceptors (Lipinski definition) is 1. The molecule has 1 amide bonds. The van der Waals surface area contributed by atoms with E-state index in [0.717, 1.165) is 24.0 Å². The van der Waals surface area contributed by atoms with Crippen molar-refractivity contribution < 1.29 is 13.6 Å². The van der Waals surface area contributed by atoms with Gasteiger partial charge in [0, 0.05) is 6.04 Å². The predicted molar refractivity (Wildman–Crippen MR) is 77.1 cm³/mol. The number of carbonyl (C=O) groups is 1. The first-order valence-electron chi connectivity index (χ1n) is 7.67. The number of halogens is 2. The largest absolute Gasteiger partial charge is 0.332 e. The summed E-state index contributed by atoms with van der Waals surface area (Å²) in [7, 11) is 0. The second-order valence-corrected chi connectivity index (χ2v) is 6.39. The van der Waals surface area contributed by atoms with Gasteiger partial charge in [0.2, 0.25) is 5.91 Å². The topological polar surface area (TPSA) is 20.3 Å². The molecule has 0 spiro atoms. The van der Waals surface area contributed by atoms with Gasteiger partial charge in [0.05, 0.1) is 6.04 Å². The summed E-state index contributed by atoms with van der Waals surface area (Å²) in [6.07, 6.45) is -0.333. The van der Waals surface area contributed by atoms with E-state index in [-0.39, 0.29) is 24.4 Å². The SMILES string of the molecule is CC[C@@]1(C(F)F)C[C@@H]2CC[C@H](c3cccc(C)c3)N2C1=O. The molecule has 2 nitrogen and oxygen atoms in total. The zero-order chi connectivity index (χ0) is 15.2. The van der Waals surface area contributed by atoms with Gasteiger partial charge in [0.15, 0.2) is 0 Å². The van der Waals surface area contributed by atoms with Gasteiger partial charge < -0.3 is 4.90 Å². The second-order valence-electron chi connectivity index (χ2n) is 6.39. The zero-order valence-corrected chi connectivity index (χ0v) is 12.5. The summed E-state index contributed by atoms with van der Waals surface area (Å²) in [6, 6.07) is 8.00. The Labute approximate surface area is 124 Å². The van der Waals surface area contributed by atoms with Gasteiger partial charge in [-0.1, -0.05) is 36.8 Å². The van der Waals surface area contributed by atoms with Crippen LogP contribution in [0.25, 0.3) is 0 Å². The van der Waals surface area contributed by atoms with Crippen LogP contribution in [-0.4, -0.2) is 23.3 Å². The Bertz CT molecular complexity index is 559. The lowest BCUT2D eigenvalue weighted by Crippen LogP contribution is -2.40. The first kappa shape index (κ1) is 14.5. The Morgan fingerprint density at radius 2 is 2.14 bits per heavy atom. The summed E-state index contributed by atoms with van der Waals surface area (Å²) in [4.78, 5) is 14.5. The lowest BCUT2D eigenvalue weighted by atomic mass is 9.81. The van der Waals surface area contributed by atoms with E-state index < -0.39 is 11.8 Å². The number of hydrogen-bond donors (Lipinski definition) is 0. The summed E-state index contributed by atoms with van der Waals surface area (Å²) in [5, 5.41) is 0. The fourth-order valence-corrected chi connectivity index (χ4v) is 3.99. The zero-order valence-electron chi connectivity index (χ0n) is 12.5. The number of carbonyl (C=O) groups excluding carboxylic acids is 1. The van der Waals surface area contributed by atoms with E-state index in [1.165, 1.54) is 0 Å². The summed E-state index contributed by atoms with van der Waals surface area (Å²) in [6.45, 7) is 3.71. The minimum atomic E-state index is -2.57. The third-order valence-corrected chi connectivity index (χ3v) is 5.24. The van der Waals surface area contributed by atoms with Crippen molar-refractivity contribution in [3.05, 3.63) is 35.4 Å². The van der Waals surface area contributed by atoms with Gasteiger partial charge >= 0.3 is 0 Å². The van der Waals surface area contributed by atoms with Crippen LogP contribution in [0.3, 0.4) is 0 Å². The molecule has 0 unspecified atom stereocenters. The van der Waals surface area contributed by atoms with Crippen LogP contribution in [0.4, 0.5) is 8.78 Å². The minimum absolute atomic E-state index is 0.0167. The maximum atomic E-state index is 13.5. The van der Waals surface area contributed by atoms with Crippen LogP contribution >= 0.6 is 0 Å². The number of aryl methyl sites for hydroxylation is 1. The van der Waals surface area contributed by atoms with E-state index in [1.807, 2.05) is 25.1 Å². The number of benzene rings is 1. The molecule has 1 aromatic rings. The average molecular weight is 293 g/mol. The molecule has 4 heteroatoms. The number of rotatable bonds is 3. The quantitative estimate of drug-likeness (QED) is 0.822. The number of fused-ring (bicyclic) bond motifs is 1. The molecule has 0 aromatic heterocycles. The molecule has 0 aliphatic carbocycles. The first-order valence-corrected chi connectivity index (χ1v) is 7.67. The third-order valence-electron chi connectivity index (χ3n) is 5.24. The van der Waals surface area contributed by atoms with E-state index in [9.17, 15) is 13.6 Å². The van der Waals surface area contributed by atoms with Gasteiger partial charge in [-0.3, -0.25) is 4.79 Å². The normalized spacial score (nSPS) is 32.0. The molecule has 3 atom stereocenters. The molecule has 114 valence electrons. The molecule has 2 fully saturated rings. The van der Waals surface area contributed by atoms with Crippen molar-refractivity contribution in [2.24, 2.45) is 5.41 Å². The molecule has 0 radical (unpaired) electrons. The molecule has 2 aliphatic heterocycles. The monoisotopic (exact) mass is 293 g/mol. The summed E-state index contributed by atoms with van der Waals surface area (Å²) in [5.74, 6) is -0.339. The summed E-state index contributed by atoms with van der Waals surface area (Å²) >= 11 is 0. The van der Waals surface area contributed by atoms with Gasteiger partial charge in [-0.25, -0.2) is 8.78 Å². The maximum absolute atomic E-state index is 13.5. The van der Waals surface area contributed by atoms with E-state index in [4.69, 9.17) is 0 Å². The van der Waals surface area contributed by atoms with Crippen LogP contribution in [-0.2, 0) is 4.79 Å². The van der Waals surface area contributed by atoms with Crippen LogP contribution in [0.2, 0.25) is 0 Å². The van der Waals surface area contributed by atoms with Crippen LogP contribution in [0.1, 0.15) is 49.8 Å². The molecule has 21 heavy (non-hydrogen) atoms. The molecule has 0 saturated carbocycles. The molecular formula is C17H21F2NO. The fourth-order valence-electron chi connectivity index (χ4n) is 3.99. The fraction of sp³-hybridized carbons (Fsp3) is 0.588. The van der Waals surface area contributed by atoms with Crippen molar-refractivity contribution in [1.29, 1.82) is 0 Å². The Kier molecular flexibility index (Phi) is 3.50. The summed E-state index contributed by atoms with van der Waals surface area (Å²) in [5.41, 5.74) is 0.762. The van der Waals surface area contributed by atoms with E-state index in [0.29, 0.717) is 6.42 Å². The molecule has 3 rings (SSSR count). The van der Waals surface area contributed by atoms with Crippen LogP contribution in [0.5, 0.6) is 0 Å². The minimum Gasteiger partial charge on any atom is -0.332 e. The number of nitrogens with zero attached hydrogens (tertiary/aromatic N) is 1. The Balaban J connectivity index is 1.94. The highest BCUT2D eigenvalue weighted by Crippen LogP contribution is 2.52. The highest BCUT2D eigenvalue weighted by Gasteiger charge is 2.59. The van der Waals surface area contributed by atoms with Crippen molar-refractivity contribution >= 4 is 5.91 Å². The van der Waals surface area contributed by atoms with Crippen LogP contribution in [0, 0.1) is 12.3 Å².